The molecule has 0 spiro atoms. The summed E-state index contributed by atoms with van der Waals surface area (Å²) < 4.78 is 5.59. The molecule has 1 fully saturated rings. The van der Waals surface area contributed by atoms with Crippen LogP contribution in [0, 0.1) is 0 Å². The van der Waals surface area contributed by atoms with Crippen molar-refractivity contribution in [2.75, 3.05) is 24.7 Å². The molecule has 2 atom stereocenters. The van der Waals surface area contributed by atoms with Gasteiger partial charge < -0.3 is 15.2 Å². The van der Waals surface area contributed by atoms with E-state index in [1.165, 1.54) is 12.8 Å². The van der Waals surface area contributed by atoms with Crippen LogP contribution in [0.15, 0.2) is 0 Å². The number of carbonyl (C=O) groups is 1. The Morgan fingerprint density at radius 2 is 2.30 bits per heavy atom. The average molecular weight is 303 g/mol. The van der Waals surface area contributed by atoms with Gasteiger partial charge in [0, 0.05) is 12.4 Å². The molecule has 20 heavy (non-hydrogen) atoms. The topological polar surface area (TPSA) is 58.6 Å². The maximum absolute atomic E-state index is 11.5. The lowest BCUT2D eigenvalue weighted by Gasteiger charge is -2.29. The summed E-state index contributed by atoms with van der Waals surface area (Å²) in [7, 11) is 0. The highest BCUT2D eigenvalue weighted by molar-refractivity contribution is 7.99. The lowest BCUT2D eigenvalue weighted by molar-refractivity contribution is -0.145. The first kappa shape index (κ1) is 17.8. The predicted octanol–water partition coefficient (Wildman–Crippen LogP) is 2.91. The van der Waals surface area contributed by atoms with E-state index in [0.29, 0.717) is 18.9 Å². The molecule has 0 saturated carbocycles. The normalized spacial score (nSPS) is 21.8. The van der Waals surface area contributed by atoms with E-state index in [1.54, 1.807) is 0 Å². The fourth-order valence-electron chi connectivity index (χ4n) is 2.55. The summed E-state index contributed by atoms with van der Waals surface area (Å²) in [6.45, 7) is 5.69. The van der Waals surface area contributed by atoms with Gasteiger partial charge >= 0.3 is 5.97 Å². The summed E-state index contributed by atoms with van der Waals surface area (Å²) in [5, 5.41) is 12.7. The average Bonchev–Trinajstić information content (AvgIpc) is 2.95. The van der Waals surface area contributed by atoms with Crippen molar-refractivity contribution in [2.24, 2.45) is 0 Å². The van der Waals surface area contributed by atoms with E-state index in [9.17, 15) is 9.90 Å². The predicted molar refractivity (Wildman–Crippen MR) is 84.5 cm³/mol. The zero-order chi connectivity index (χ0) is 14.8. The number of aliphatic carboxylic acids is 1. The van der Waals surface area contributed by atoms with Crippen LogP contribution in [0.4, 0.5) is 0 Å². The quantitative estimate of drug-likeness (QED) is 0.575. The lowest BCUT2D eigenvalue weighted by atomic mass is 9.90. The molecule has 1 aliphatic rings. The molecule has 0 aromatic rings. The third kappa shape index (κ3) is 5.62. The molecule has 0 aromatic heterocycles. The summed E-state index contributed by atoms with van der Waals surface area (Å²) >= 11 is 1.89. The van der Waals surface area contributed by atoms with Gasteiger partial charge in [-0.25, -0.2) is 0 Å². The highest BCUT2D eigenvalue weighted by atomic mass is 32.2. The highest BCUT2D eigenvalue weighted by Crippen LogP contribution is 2.22. The zero-order valence-electron chi connectivity index (χ0n) is 12.8. The van der Waals surface area contributed by atoms with E-state index >= 15 is 0 Å². The standard InChI is InChI=1S/C15H29NO3S/c1-3-9-16-15(4-2,14(17)18)8-6-11-20-12-13-7-5-10-19-13/h13,16H,3-12H2,1-2H3,(H,17,18). The largest absolute Gasteiger partial charge is 0.480 e. The molecule has 4 nitrogen and oxygen atoms in total. The second-order valence-electron chi connectivity index (χ2n) is 5.48. The van der Waals surface area contributed by atoms with Crippen LogP contribution in [0.1, 0.15) is 52.4 Å². The first-order chi connectivity index (χ1) is 9.64. The number of ether oxygens (including phenoxy) is 1. The van der Waals surface area contributed by atoms with Crippen LogP contribution in [0.25, 0.3) is 0 Å². The second-order valence-corrected chi connectivity index (χ2v) is 6.63. The van der Waals surface area contributed by atoms with E-state index in [0.717, 1.165) is 37.5 Å². The van der Waals surface area contributed by atoms with Crippen LogP contribution >= 0.6 is 11.8 Å². The molecule has 2 N–H and O–H groups in total. The van der Waals surface area contributed by atoms with Crippen LogP contribution < -0.4 is 5.32 Å². The van der Waals surface area contributed by atoms with Crippen molar-refractivity contribution < 1.29 is 14.6 Å². The van der Waals surface area contributed by atoms with Gasteiger partial charge in [-0.05, 0) is 50.8 Å². The van der Waals surface area contributed by atoms with Crippen molar-refractivity contribution in [1.29, 1.82) is 0 Å². The third-order valence-electron chi connectivity index (χ3n) is 3.95. The van der Waals surface area contributed by atoms with E-state index in [1.807, 2.05) is 18.7 Å². The molecule has 1 rings (SSSR count). The van der Waals surface area contributed by atoms with E-state index in [2.05, 4.69) is 12.2 Å². The Morgan fingerprint density at radius 1 is 1.50 bits per heavy atom. The van der Waals surface area contributed by atoms with Gasteiger partial charge in [-0.15, -0.1) is 0 Å². The number of thioether (sulfide) groups is 1. The minimum atomic E-state index is -0.736. The Hall–Kier alpha value is -0.260. The second kappa shape index (κ2) is 9.64. The Labute approximate surface area is 127 Å². The number of nitrogens with one attached hydrogen (secondary N) is 1. The van der Waals surface area contributed by atoms with Crippen LogP contribution in [-0.2, 0) is 9.53 Å². The zero-order valence-corrected chi connectivity index (χ0v) is 13.6. The molecule has 5 heteroatoms. The van der Waals surface area contributed by atoms with E-state index in [-0.39, 0.29) is 0 Å². The first-order valence-corrected chi connectivity index (χ1v) is 8.98. The fraction of sp³-hybridized carbons (Fsp3) is 0.933. The molecule has 0 amide bonds. The Balaban J connectivity index is 2.24. The highest BCUT2D eigenvalue weighted by Gasteiger charge is 2.35. The molecule has 0 aliphatic carbocycles. The van der Waals surface area contributed by atoms with Crippen LogP contribution in [0.2, 0.25) is 0 Å². The van der Waals surface area contributed by atoms with Gasteiger partial charge in [-0.1, -0.05) is 13.8 Å². The monoisotopic (exact) mass is 303 g/mol. The third-order valence-corrected chi connectivity index (χ3v) is 5.13. The van der Waals surface area contributed by atoms with Crippen LogP contribution in [-0.4, -0.2) is 47.4 Å². The smallest absolute Gasteiger partial charge is 0.323 e. The van der Waals surface area contributed by atoms with E-state index in [4.69, 9.17) is 4.74 Å². The Bertz CT molecular complexity index is 282. The molecule has 1 heterocycles. The molecular weight excluding hydrogens is 274 g/mol. The van der Waals surface area contributed by atoms with Gasteiger partial charge in [0.2, 0.25) is 0 Å². The Kier molecular flexibility index (Phi) is 8.57. The number of carboxylic acids is 1. The molecule has 0 bridgehead atoms. The minimum Gasteiger partial charge on any atom is -0.480 e. The number of hydrogen-bond donors (Lipinski definition) is 2. The number of hydrogen-bond acceptors (Lipinski definition) is 4. The summed E-state index contributed by atoms with van der Waals surface area (Å²) in [5.41, 5.74) is -0.736. The molecule has 1 saturated heterocycles. The van der Waals surface area contributed by atoms with Gasteiger partial charge in [0.15, 0.2) is 0 Å². The van der Waals surface area contributed by atoms with Gasteiger partial charge in [-0.2, -0.15) is 11.8 Å². The first-order valence-electron chi connectivity index (χ1n) is 7.82. The summed E-state index contributed by atoms with van der Waals surface area (Å²) in [4.78, 5) is 11.5. The van der Waals surface area contributed by atoms with Crippen molar-refractivity contribution in [3.63, 3.8) is 0 Å². The minimum absolute atomic E-state index is 0.425. The van der Waals surface area contributed by atoms with Crippen molar-refractivity contribution in [1.82, 2.24) is 5.32 Å². The molecule has 1 aliphatic heterocycles. The van der Waals surface area contributed by atoms with Crippen molar-refractivity contribution in [3.05, 3.63) is 0 Å². The molecule has 0 radical (unpaired) electrons. The van der Waals surface area contributed by atoms with Crippen molar-refractivity contribution in [2.45, 2.75) is 64.0 Å². The van der Waals surface area contributed by atoms with Crippen LogP contribution in [0.3, 0.4) is 0 Å². The summed E-state index contributed by atoms with van der Waals surface area (Å²) in [6, 6.07) is 0. The summed E-state index contributed by atoms with van der Waals surface area (Å²) in [6.07, 6.45) is 6.03. The SMILES string of the molecule is CCCNC(CC)(CCCSCC1CCCO1)C(=O)O. The van der Waals surface area contributed by atoms with Gasteiger partial charge in [-0.3, -0.25) is 4.79 Å². The number of rotatable bonds is 11. The number of carboxylic acid groups (broad SMARTS) is 1. The van der Waals surface area contributed by atoms with Crippen molar-refractivity contribution >= 4 is 17.7 Å². The maximum Gasteiger partial charge on any atom is 0.323 e. The molecule has 118 valence electrons. The van der Waals surface area contributed by atoms with Crippen LogP contribution in [0.5, 0.6) is 0 Å². The molecule has 0 aromatic carbocycles. The van der Waals surface area contributed by atoms with Crippen molar-refractivity contribution in [3.8, 4) is 0 Å². The molecule has 2 unspecified atom stereocenters. The van der Waals surface area contributed by atoms with Gasteiger partial charge in [0.05, 0.1) is 6.10 Å². The summed E-state index contributed by atoms with van der Waals surface area (Å²) in [5.74, 6) is 1.36. The van der Waals surface area contributed by atoms with E-state index < -0.39 is 11.5 Å². The molecular formula is C15H29NO3S. The maximum atomic E-state index is 11.5. The Morgan fingerprint density at radius 3 is 2.85 bits per heavy atom. The van der Waals surface area contributed by atoms with Gasteiger partial charge in [0.1, 0.15) is 5.54 Å². The lowest BCUT2D eigenvalue weighted by Crippen LogP contribution is -2.52. The van der Waals surface area contributed by atoms with Gasteiger partial charge in [0.25, 0.3) is 0 Å². The fourth-order valence-corrected chi connectivity index (χ4v) is 3.60.